The molecule has 1 N–H and O–H groups in total. The van der Waals surface area contributed by atoms with Crippen LogP contribution in [-0.2, 0) is 9.53 Å². The molecule has 0 aliphatic carbocycles. The molecule has 7 nitrogen and oxygen atoms in total. The minimum atomic E-state index is -0.784. The molecular formula is C15H15NO6. The van der Waals surface area contributed by atoms with Gasteiger partial charge in [-0.15, -0.1) is 0 Å². The summed E-state index contributed by atoms with van der Waals surface area (Å²) in [6.07, 6.45) is 3.86. The van der Waals surface area contributed by atoms with Gasteiger partial charge in [0.25, 0.3) is 5.91 Å². The Balaban J connectivity index is 2.28. The number of carbonyl (C=O) groups excluding carboxylic acids is 2. The van der Waals surface area contributed by atoms with Crippen molar-refractivity contribution < 1.29 is 28.5 Å². The summed E-state index contributed by atoms with van der Waals surface area (Å²) in [6.45, 7) is 0. The molecule has 1 saturated heterocycles. The van der Waals surface area contributed by atoms with Crippen LogP contribution in [0.2, 0.25) is 0 Å². The molecule has 2 amide bonds. The van der Waals surface area contributed by atoms with Gasteiger partial charge in [-0.2, -0.15) is 0 Å². The summed E-state index contributed by atoms with van der Waals surface area (Å²) in [5, 5.41) is 2.01. The van der Waals surface area contributed by atoms with E-state index in [9.17, 15) is 9.59 Å². The van der Waals surface area contributed by atoms with Crippen LogP contribution in [0.4, 0.5) is 4.79 Å². The minimum Gasteiger partial charge on any atom is -0.496 e. The SMILES string of the molecule is COc1cc(OC)c(OC)cc1/C=C/C=C1/OC(=O)NC1=O. The second kappa shape index (κ2) is 6.66. The summed E-state index contributed by atoms with van der Waals surface area (Å²) in [6, 6.07) is 3.42. The summed E-state index contributed by atoms with van der Waals surface area (Å²) < 4.78 is 20.4. The van der Waals surface area contributed by atoms with Gasteiger partial charge < -0.3 is 18.9 Å². The van der Waals surface area contributed by atoms with Crippen LogP contribution in [0.25, 0.3) is 6.08 Å². The highest BCUT2D eigenvalue weighted by Crippen LogP contribution is 2.35. The lowest BCUT2D eigenvalue weighted by atomic mass is 10.1. The number of methoxy groups -OCH3 is 3. The van der Waals surface area contributed by atoms with Gasteiger partial charge in [-0.25, -0.2) is 4.79 Å². The Morgan fingerprint density at radius 1 is 1.00 bits per heavy atom. The van der Waals surface area contributed by atoms with E-state index in [-0.39, 0.29) is 5.76 Å². The van der Waals surface area contributed by atoms with Crippen LogP contribution in [0.3, 0.4) is 0 Å². The topological polar surface area (TPSA) is 83.1 Å². The van der Waals surface area contributed by atoms with Crippen molar-refractivity contribution in [3.05, 3.63) is 35.6 Å². The van der Waals surface area contributed by atoms with Gasteiger partial charge in [-0.05, 0) is 12.1 Å². The molecule has 0 bridgehead atoms. The molecule has 0 atom stereocenters. The molecule has 116 valence electrons. The van der Waals surface area contributed by atoms with Gasteiger partial charge in [-0.1, -0.05) is 12.2 Å². The van der Waals surface area contributed by atoms with Crippen molar-refractivity contribution in [2.45, 2.75) is 0 Å². The van der Waals surface area contributed by atoms with E-state index in [1.54, 1.807) is 24.3 Å². The number of imide groups is 1. The fraction of sp³-hybridized carbons (Fsp3) is 0.200. The van der Waals surface area contributed by atoms with Crippen molar-refractivity contribution in [1.29, 1.82) is 0 Å². The second-order valence-electron chi connectivity index (χ2n) is 4.18. The van der Waals surface area contributed by atoms with Crippen molar-refractivity contribution in [2.24, 2.45) is 0 Å². The van der Waals surface area contributed by atoms with Gasteiger partial charge in [0.15, 0.2) is 17.3 Å². The highest BCUT2D eigenvalue weighted by Gasteiger charge is 2.25. The predicted octanol–water partition coefficient (Wildman–Crippen LogP) is 1.88. The third-order valence-corrected chi connectivity index (χ3v) is 2.90. The predicted molar refractivity (Wildman–Crippen MR) is 77.8 cm³/mol. The number of alkyl carbamates (subject to hydrolysis) is 1. The van der Waals surface area contributed by atoms with E-state index in [1.807, 2.05) is 5.32 Å². The largest absolute Gasteiger partial charge is 0.496 e. The van der Waals surface area contributed by atoms with Crippen molar-refractivity contribution >= 4 is 18.1 Å². The van der Waals surface area contributed by atoms with Gasteiger partial charge in [0.2, 0.25) is 0 Å². The zero-order valence-corrected chi connectivity index (χ0v) is 12.3. The Morgan fingerprint density at radius 3 is 2.18 bits per heavy atom. The van der Waals surface area contributed by atoms with Gasteiger partial charge >= 0.3 is 6.09 Å². The summed E-state index contributed by atoms with van der Waals surface area (Å²) in [7, 11) is 4.59. The Labute approximate surface area is 127 Å². The molecule has 0 radical (unpaired) electrons. The first kappa shape index (κ1) is 15.4. The van der Waals surface area contributed by atoms with Crippen LogP contribution in [-0.4, -0.2) is 33.3 Å². The third-order valence-electron chi connectivity index (χ3n) is 2.90. The number of benzene rings is 1. The van der Waals surface area contributed by atoms with Crippen molar-refractivity contribution in [3.63, 3.8) is 0 Å². The zero-order chi connectivity index (χ0) is 16.1. The quantitative estimate of drug-likeness (QED) is 0.836. The molecule has 1 aromatic carbocycles. The number of cyclic esters (lactones) is 1. The average Bonchev–Trinajstić information content (AvgIpc) is 2.84. The fourth-order valence-corrected chi connectivity index (χ4v) is 1.86. The van der Waals surface area contributed by atoms with E-state index < -0.39 is 12.0 Å². The van der Waals surface area contributed by atoms with E-state index in [2.05, 4.69) is 4.74 Å². The van der Waals surface area contributed by atoms with Crippen LogP contribution < -0.4 is 19.5 Å². The summed E-state index contributed by atoms with van der Waals surface area (Å²) >= 11 is 0. The maximum absolute atomic E-state index is 11.3. The van der Waals surface area contributed by atoms with Gasteiger partial charge in [0.1, 0.15) is 5.75 Å². The summed E-state index contributed by atoms with van der Waals surface area (Å²) in [5.41, 5.74) is 0.710. The first-order chi connectivity index (χ1) is 10.6. The van der Waals surface area contributed by atoms with Crippen molar-refractivity contribution in [3.8, 4) is 17.2 Å². The van der Waals surface area contributed by atoms with E-state index in [0.717, 1.165) is 0 Å². The first-order valence-electron chi connectivity index (χ1n) is 6.30. The van der Waals surface area contributed by atoms with Gasteiger partial charge in [-0.3, -0.25) is 10.1 Å². The van der Waals surface area contributed by atoms with Crippen LogP contribution in [0.5, 0.6) is 17.2 Å². The molecule has 1 aromatic rings. The molecule has 1 fully saturated rings. The highest BCUT2D eigenvalue weighted by molar-refractivity contribution is 6.07. The van der Waals surface area contributed by atoms with Crippen LogP contribution in [0, 0.1) is 0 Å². The van der Waals surface area contributed by atoms with Gasteiger partial charge in [0.05, 0.1) is 21.3 Å². The lowest BCUT2D eigenvalue weighted by Crippen LogP contribution is -2.18. The lowest BCUT2D eigenvalue weighted by Gasteiger charge is -2.11. The smallest absolute Gasteiger partial charge is 0.419 e. The first-order valence-corrected chi connectivity index (χ1v) is 6.30. The summed E-state index contributed by atoms with van der Waals surface area (Å²) in [4.78, 5) is 22.2. The number of allylic oxidation sites excluding steroid dienone is 2. The summed E-state index contributed by atoms with van der Waals surface area (Å²) in [5.74, 6) is 1.01. The third kappa shape index (κ3) is 3.20. The molecule has 2 rings (SSSR count). The second-order valence-corrected chi connectivity index (χ2v) is 4.18. The van der Waals surface area contributed by atoms with E-state index in [0.29, 0.717) is 22.8 Å². The number of hydrogen-bond acceptors (Lipinski definition) is 6. The number of ether oxygens (including phenoxy) is 4. The van der Waals surface area contributed by atoms with Crippen molar-refractivity contribution in [2.75, 3.05) is 21.3 Å². The normalized spacial score (nSPS) is 15.9. The van der Waals surface area contributed by atoms with E-state index >= 15 is 0 Å². The average molecular weight is 305 g/mol. The van der Waals surface area contributed by atoms with E-state index in [4.69, 9.17) is 14.2 Å². The Hall–Kier alpha value is -2.96. The maximum atomic E-state index is 11.3. The van der Waals surface area contributed by atoms with Crippen LogP contribution in [0.15, 0.2) is 30.0 Å². The van der Waals surface area contributed by atoms with Crippen LogP contribution in [0.1, 0.15) is 5.56 Å². The molecule has 22 heavy (non-hydrogen) atoms. The standard InChI is InChI=1S/C15H15NO6/c1-19-11-8-13(21-3)12(20-2)7-9(11)5-4-6-10-14(17)16-15(18)22-10/h4-8H,1-3H3,(H,16,17,18)/b5-4+,10-6+. The number of hydrogen-bond donors (Lipinski definition) is 1. The van der Waals surface area contributed by atoms with E-state index in [1.165, 1.54) is 27.4 Å². The fourth-order valence-electron chi connectivity index (χ4n) is 1.86. The zero-order valence-electron chi connectivity index (χ0n) is 12.3. The highest BCUT2D eigenvalue weighted by atomic mass is 16.6. The number of carbonyl (C=O) groups is 2. The Kier molecular flexibility index (Phi) is 4.67. The number of rotatable bonds is 5. The molecular weight excluding hydrogens is 290 g/mol. The van der Waals surface area contributed by atoms with Gasteiger partial charge in [0, 0.05) is 11.6 Å². The van der Waals surface area contributed by atoms with Crippen molar-refractivity contribution in [1.82, 2.24) is 5.32 Å². The Bertz CT molecular complexity index is 662. The Morgan fingerprint density at radius 2 is 1.64 bits per heavy atom. The molecule has 1 aliphatic heterocycles. The molecule has 0 saturated carbocycles. The molecule has 0 unspecified atom stereocenters. The molecule has 1 aliphatic rings. The molecule has 7 heteroatoms. The molecule has 0 aromatic heterocycles. The lowest BCUT2D eigenvalue weighted by molar-refractivity contribution is -0.116. The maximum Gasteiger partial charge on any atom is 0.419 e. The monoisotopic (exact) mass is 305 g/mol. The minimum absolute atomic E-state index is 0.0688. The molecule has 1 heterocycles. The molecule has 0 spiro atoms. The number of nitrogens with one attached hydrogen (secondary N) is 1. The number of amides is 2. The van der Waals surface area contributed by atoms with Crippen LogP contribution >= 0.6 is 0 Å².